The molecule has 0 fully saturated rings. The topological polar surface area (TPSA) is 98.2 Å². The van der Waals surface area contributed by atoms with Gasteiger partial charge in [0.05, 0.1) is 10.7 Å². The number of anilines is 2. The van der Waals surface area contributed by atoms with Crippen LogP contribution in [0, 0.1) is 0 Å². The van der Waals surface area contributed by atoms with E-state index in [4.69, 9.17) is 23.1 Å². The van der Waals surface area contributed by atoms with Crippen LogP contribution in [0.25, 0.3) is 0 Å². The van der Waals surface area contributed by atoms with Gasteiger partial charge in [0, 0.05) is 16.8 Å². The highest BCUT2D eigenvalue weighted by Crippen LogP contribution is 2.20. The summed E-state index contributed by atoms with van der Waals surface area (Å²) in [6.07, 6.45) is 0. The van der Waals surface area contributed by atoms with Crippen LogP contribution in [0.3, 0.4) is 0 Å². The molecule has 2 aromatic carbocycles. The Morgan fingerprint density at radius 2 is 1.60 bits per heavy atom. The molecule has 0 saturated carbocycles. The molecular weight excluding hydrogens is 278 g/mol. The summed E-state index contributed by atoms with van der Waals surface area (Å²) in [7, 11) is 0. The molecule has 0 aromatic heterocycles. The number of nitrogens with one attached hydrogen (secondary N) is 1. The van der Waals surface area contributed by atoms with Gasteiger partial charge in [0.2, 0.25) is 5.91 Å². The lowest BCUT2D eigenvalue weighted by molar-refractivity contribution is 0.0998. The summed E-state index contributed by atoms with van der Waals surface area (Å²) in [5.74, 6) is -0.841. The maximum Gasteiger partial charge on any atom is 0.255 e. The lowest BCUT2D eigenvalue weighted by Crippen LogP contribution is -2.13. The van der Waals surface area contributed by atoms with E-state index in [9.17, 15) is 9.59 Å². The minimum atomic E-state index is -0.520. The highest BCUT2D eigenvalue weighted by molar-refractivity contribution is 6.33. The molecule has 5 nitrogen and oxygen atoms in total. The van der Waals surface area contributed by atoms with Crippen LogP contribution < -0.4 is 16.8 Å². The monoisotopic (exact) mass is 289 g/mol. The van der Waals surface area contributed by atoms with E-state index in [1.807, 2.05) is 0 Å². The Balaban J connectivity index is 2.14. The number of rotatable bonds is 3. The van der Waals surface area contributed by atoms with Crippen LogP contribution >= 0.6 is 11.6 Å². The maximum atomic E-state index is 12.0. The van der Waals surface area contributed by atoms with Gasteiger partial charge in [-0.25, -0.2) is 0 Å². The molecule has 0 aliphatic heterocycles. The Labute approximate surface area is 120 Å². The molecule has 2 rings (SSSR count). The van der Waals surface area contributed by atoms with E-state index in [2.05, 4.69) is 5.32 Å². The molecule has 2 aromatic rings. The zero-order valence-electron chi connectivity index (χ0n) is 10.4. The first-order valence-corrected chi connectivity index (χ1v) is 6.11. The summed E-state index contributed by atoms with van der Waals surface area (Å²) in [6.45, 7) is 0. The van der Waals surface area contributed by atoms with Crippen LogP contribution in [0.4, 0.5) is 11.4 Å². The third kappa shape index (κ3) is 3.07. The van der Waals surface area contributed by atoms with Crippen molar-refractivity contribution in [3.8, 4) is 0 Å². The van der Waals surface area contributed by atoms with Gasteiger partial charge in [-0.15, -0.1) is 0 Å². The van der Waals surface area contributed by atoms with Crippen LogP contribution in [0.5, 0.6) is 0 Å². The van der Waals surface area contributed by atoms with Crippen molar-refractivity contribution in [2.75, 3.05) is 11.1 Å². The van der Waals surface area contributed by atoms with E-state index < -0.39 is 5.91 Å². The Morgan fingerprint density at radius 3 is 2.15 bits per heavy atom. The number of carbonyl (C=O) groups is 2. The zero-order chi connectivity index (χ0) is 14.7. The standard InChI is InChI=1S/C14H12ClN3O2/c15-11-7-9(3-6-12(11)16)14(20)18-10-4-1-8(2-5-10)13(17)19/h1-7H,16H2,(H2,17,19)(H,18,20). The second-order valence-corrected chi connectivity index (χ2v) is 4.54. The van der Waals surface area contributed by atoms with Crippen molar-refractivity contribution < 1.29 is 9.59 Å². The summed E-state index contributed by atoms with van der Waals surface area (Å²) >= 11 is 5.86. The predicted molar refractivity (Wildman–Crippen MR) is 78.8 cm³/mol. The molecule has 0 aliphatic carbocycles. The molecule has 0 saturated heterocycles. The van der Waals surface area contributed by atoms with Crippen LogP contribution in [0.15, 0.2) is 42.5 Å². The van der Waals surface area contributed by atoms with E-state index in [-0.39, 0.29) is 5.91 Å². The van der Waals surface area contributed by atoms with Crippen molar-refractivity contribution >= 4 is 34.8 Å². The van der Waals surface area contributed by atoms with Gasteiger partial charge in [-0.3, -0.25) is 9.59 Å². The highest BCUT2D eigenvalue weighted by Gasteiger charge is 2.08. The van der Waals surface area contributed by atoms with Crippen molar-refractivity contribution in [2.45, 2.75) is 0 Å². The van der Waals surface area contributed by atoms with Gasteiger partial charge >= 0.3 is 0 Å². The predicted octanol–water partition coefficient (Wildman–Crippen LogP) is 2.27. The molecule has 102 valence electrons. The molecule has 0 spiro atoms. The van der Waals surface area contributed by atoms with E-state index in [0.717, 1.165) is 0 Å². The molecule has 0 radical (unpaired) electrons. The number of nitrogen functional groups attached to an aromatic ring is 1. The molecule has 0 heterocycles. The van der Waals surface area contributed by atoms with Gasteiger partial charge in [-0.05, 0) is 42.5 Å². The molecule has 0 atom stereocenters. The van der Waals surface area contributed by atoms with E-state index in [1.54, 1.807) is 24.3 Å². The fourth-order valence-electron chi connectivity index (χ4n) is 1.59. The van der Waals surface area contributed by atoms with Gasteiger partial charge in [0.15, 0.2) is 0 Å². The number of benzene rings is 2. The summed E-state index contributed by atoms with van der Waals surface area (Å²) in [5, 5.41) is 3.00. The van der Waals surface area contributed by atoms with Crippen molar-refractivity contribution in [1.82, 2.24) is 0 Å². The molecular formula is C14H12ClN3O2. The molecule has 5 N–H and O–H groups in total. The Morgan fingerprint density at radius 1 is 1.00 bits per heavy atom. The first-order valence-electron chi connectivity index (χ1n) is 5.73. The third-order valence-corrected chi connectivity index (χ3v) is 3.02. The minimum Gasteiger partial charge on any atom is -0.398 e. The number of nitrogens with two attached hydrogens (primary N) is 2. The maximum absolute atomic E-state index is 12.0. The number of hydrogen-bond donors (Lipinski definition) is 3. The quantitative estimate of drug-likeness (QED) is 0.756. The Kier molecular flexibility index (Phi) is 3.91. The van der Waals surface area contributed by atoms with E-state index in [1.165, 1.54) is 18.2 Å². The number of carbonyl (C=O) groups excluding carboxylic acids is 2. The van der Waals surface area contributed by atoms with Crippen LogP contribution in [-0.4, -0.2) is 11.8 Å². The summed E-state index contributed by atoms with van der Waals surface area (Å²) in [4.78, 5) is 22.9. The number of amides is 2. The van der Waals surface area contributed by atoms with Crippen LogP contribution in [0.1, 0.15) is 20.7 Å². The SMILES string of the molecule is NC(=O)c1ccc(NC(=O)c2ccc(N)c(Cl)c2)cc1. The molecule has 20 heavy (non-hydrogen) atoms. The minimum absolute atomic E-state index is 0.321. The second kappa shape index (κ2) is 5.63. The molecule has 0 unspecified atom stereocenters. The molecule has 6 heteroatoms. The molecule has 0 bridgehead atoms. The van der Waals surface area contributed by atoms with Crippen molar-refractivity contribution in [2.24, 2.45) is 5.73 Å². The fraction of sp³-hybridized carbons (Fsp3) is 0. The zero-order valence-corrected chi connectivity index (χ0v) is 11.1. The van der Waals surface area contributed by atoms with Gasteiger partial charge in [-0.1, -0.05) is 11.6 Å². The van der Waals surface area contributed by atoms with Gasteiger partial charge in [0.25, 0.3) is 5.91 Å². The van der Waals surface area contributed by atoms with Crippen molar-refractivity contribution in [3.05, 3.63) is 58.6 Å². The Hall–Kier alpha value is -2.53. The smallest absolute Gasteiger partial charge is 0.255 e. The molecule has 0 aliphatic rings. The summed E-state index contributed by atoms with van der Waals surface area (Å²) in [5.41, 5.74) is 12.4. The molecule has 2 amide bonds. The van der Waals surface area contributed by atoms with Crippen molar-refractivity contribution in [1.29, 1.82) is 0 Å². The lowest BCUT2D eigenvalue weighted by Gasteiger charge is -2.07. The first-order chi connectivity index (χ1) is 9.47. The second-order valence-electron chi connectivity index (χ2n) is 4.13. The average Bonchev–Trinajstić information content (AvgIpc) is 2.42. The summed E-state index contributed by atoms with van der Waals surface area (Å²) < 4.78 is 0. The number of hydrogen-bond acceptors (Lipinski definition) is 3. The Bertz CT molecular complexity index is 669. The number of halogens is 1. The normalized spacial score (nSPS) is 10.1. The average molecular weight is 290 g/mol. The lowest BCUT2D eigenvalue weighted by atomic mass is 10.1. The highest BCUT2D eigenvalue weighted by atomic mass is 35.5. The van der Waals surface area contributed by atoms with Gasteiger partial charge < -0.3 is 16.8 Å². The van der Waals surface area contributed by atoms with Gasteiger partial charge in [-0.2, -0.15) is 0 Å². The summed E-state index contributed by atoms with van der Waals surface area (Å²) in [6, 6.07) is 10.9. The largest absolute Gasteiger partial charge is 0.398 e. The van der Waals surface area contributed by atoms with Crippen molar-refractivity contribution in [3.63, 3.8) is 0 Å². The third-order valence-electron chi connectivity index (χ3n) is 2.69. The number of primary amides is 1. The van der Waals surface area contributed by atoms with Crippen LogP contribution in [0.2, 0.25) is 5.02 Å². The fourth-order valence-corrected chi connectivity index (χ4v) is 1.77. The van der Waals surface area contributed by atoms with E-state index in [0.29, 0.717) is 27.5 Å². The van der Waals surface area contributed by atoms with Gasteiger partial charge in [0.1, 0.15) is 0 Å². The first kappa shape index (κ1) is 13.9. The van der Waals surface area contributed by atoms with Crippen LogP contribution in [-0.2, 0) is 0 Å². The van der Waals surface area contributed by atoms with E-state index >= 15 is 0 Å².